The molecule has 1 aliphatic rings. The number of nitrogens with one attached hydrogen (secondary N) is 3. The largest absolute Gasteiger partial charge is 0.359 e. The molecule has 0 unspecified atom stereocenters. The first-order valence-electron chi connectivity index (χ1n) is 9.00. The second kappa shape index (κ2) is 8.31. The van der Waals surface area contributed by atoms with Gasteiger partial charge in [0.2, 0.25) is 5.91 Å². The molecule has 1 heterocycles. The summed E-state index contributed by atoms with van der Waals surface area (Å²) >= 11 is 5.24. The average molecular weight is 372 g/mol. The number of hydrogen-bond donors (Lipinski definition) is 3. The monoisotopic (exact) mass is 371 g/mol. The van der Waals surface area contributed by atoms with E-state index in [2.05, 4.69) is 21.3 Å². The van der Waals surface area contributed by atoms with E-state index < -0.39 is 0 Å². The number of carbonyl (C=O) groups excluding carboxylic acids is 1. The van der Waals surface area contributed by atoms with Crippen molar-refractivity contribution in [3.8, 4) is 5.69 Å². The Hall–Kier alpha value is -2.41. The minimum atomic E-state index is -0.139. The van der Waals surface area contributed by atoms with Crippen LogP contribution in [0, 0.1) is 13.8 Å². The normalized spacial score (nSPS) is 14.2. The molecule has 0 saturated heterocycles. The molecular weight excluding hydrogens is 346 g/mol. The highest BCUT2D eigenvalue weighted by molar-refractivity contribution is 7.80. The van der Waals surface area contributed by atoms with E-state index in [-0.39, 0.29) is 12.3 Å². The molecule has 26 heavy (non-hydrogen) atoms. The van der Waals surface area contributed by atoms with Crippen LogP contribution in [-0.4, -0.2) is 26.8 Å². The molecule has 0 radical (unpaired) electrons. The number of aryl methyl sites for hydroxylation is 1. The molecule has 1 aromatic heterocycles. The Morgan fingerprint density at radius 3 is 2.58 bits per heavy atom. The number of aromatic nitrogens is 2. The molecule has 7 heteroatoms. The number of nitrogens with zero attached hydrogens (tertiary/aromatic N) is 2. The smallest absolute Gasteiger partial charge is 0.242 e. The zero-order chi connectivity index (χ0) is 18.5. The van der Waals surface area contributed by atoms with Gasteiger partial charge in [0.25, 0.3) is 0 Å². The van der Waals surface area contributed by atoms with Gasteiger partial charge < -0.3 is 5.32 Å². The van der Waals surface area contributed by atoms with E-state index in [1.807, 2.05) is 48.9 Å². The van der Waals surface area contributed by atoms with E-state index >= 15 is 0 Å². The first kappa shape index (κ1) is 18.4. The van der Waals surface area contributed by atoms with Gasteiger partial charge in [0.15, 0.2) is 5.11 Å². The van der Waals surface area contributed by atoms with Crippen molar-refractivity contribution in [1.29, 1.82) is 0 Å². The van der Waals surface area contributed by atoms with Crippen molar-refractivity contribution in [3.05, 3.63) is 47.3 Å². The molecule has 1 aromatic carbocycles. The number of carbonyl (C=O) groups is 1. The molecule has 1 saturated carbocycles. The summed E-state index contributed by atoms with van der Waals surface area (Å²) in [6.45, 7) is 3.91. The zero-order valence-electron chi connectivity index (χ0n) is 15.2. The van der Waals surface area contributed by atoms with E-state index in [0.717, 1.165) is 35.5 Å². The van der Waals surface area contributed by atoms with Crippen molar-refractivity contribution < 1.29 is 4.79 Å². The van der Waals surface area contributed by atoms with Gasteiger partial charge in [-0.1, -0.05) is 31.0 Å². The highest BCUT2D eigenvalue weighted by Gasteiger charge is 2.17. The van der Waals surface area contributed by atoms with Crippen molar-refractivity contribution in [2.75, 3.05) is 0 Å². The molecule has 138 valence electrons. The Balaban J connectivity index is 1.57. The second-order valence-electron chi connectivity index (χ2n) is 6.70. The van der Waals surface area contributed by atoms with Crippen LogP contribution < -0.4 is 16.2 Å². The number of rotatable bonds is 4. The highest BCUT2D eigenvalue weighted by atomic mass is 32.1. The van der Waals surface area contributed by atoms with Crippen molar-refractivity contribution in [2.24, 2.45) is 0 Å². The lowest BCUT2D eigenvalue weighted by molar-refractivity contribution is -0.121. The van der Waals surface area contributed by atoms with Gasteiger partial charge in [0, 0.05) is 17.3 Å². The lowest BCUT2D eigenvalue weighted by atomic mass is 10.1. The predicted molar refractivity (Wildman–Crippen MR) is 106 cm³/mol. The van der Waals surface area contributed by atoms with Crippen LogP contribution in [0.3, 0.4) is 0 Å². The molecule has 1 aliphatic carbocycles. The summed E-state index contributed by atoms with van der Waals surface area (Å²) in [7, 11) is 0. The van der Waals surface area contributed by atoms with Gasteiger partial charge in [-0.3, -0.25) is 15.6 Å². The third-order valence-electron chi connectivity index (χ3n) is 4.79. The van der Waals surface area contributed by atoms with E-state index in [1.165, 1.54) is 12.8 Å². The third kappa shape index (κ3) is 4.40. The predicted octanol–water partition coefficient (Wildman–Crippen LogP) is 2.47. The van der Waals surface area contributed by atoms with E-state index in [9.17, 15) is 4.79 Å². The quantitative estimate of drug-likeness (QED) is 0.569. The van der Waals surface area contributed by atoms with Gasteiger partial charge in [-0.05, 0) is 51.0 Å². The molecule has 3 rings (SSSR count). The van der Waals surface area contributed by atoms with Crippen molar-refractivity contribution >= 4 is 23.2 Å². The molecular formula is C19H25N5OS. The molecule has 0 spiro atoms. The summed E-state index contributed by atoms with van der Waals surface area (Å²) in [6, 6.07) is 10.3. The maximum Gasteiger partial charge on any atom is 0.242 e. The minimum absolute atomic E-state index is 0.139. The van der Waals surface area contributed by atoms with Gasteiger partial charge in [-0.25, -0.2) is 4.68 Å². The maximum atomic E-state index is 12.3. The summed E-state index contributed by atoms with van der Waals surface area (Å²) in [4.78, 5) is 12.3. The number of hydrazine groups is 1. The SMILES string of the molecule is Cc1nn(-c2ccccc2)c(C)c1CC(=O)NNC(=S)NC1CCCC1. The van der Waals surface area contributed by atoms with E-state index in [0.29, 0.717) is 11.2 Å². The van der Waals surface area contributed by atoms with Crippen molar-refractivity contribution in [1.82, 2.24) is 25.9 Å². The maximum absolute atomic E-state index is 12.3. The summed E-state index contributed by atoms with van der Waals surface area (Å²) in [5.41, 5.74) is 9.22. The molecule has 2 aromatic rings. The zero-order valence-corrected chi connectivity index (χ0v) is 16.0. The minimum Gasteiger partial charge on any atom is -0.359 e. The molecule has 1 fully saturated rings. The van der Waals surface area contributed by atoms with Crippen LogP contribution in [0.4, 0.5) is 0 Å². The fraction of sp³-hybridized carbons (Fsp3) is 0.421. The lowest BCUT2D eigenvalue weighted by Gasteiger charge is -2.16. The first-order valence-corrected chi connectivity index (χ1v) is 9.41. The average Bonchev–Trinajstić information content (AvgIpc) is 3.24. The number of benzene rings is 1. The van der Waals surface area contributed by atoms with Crippen LogP contribution in [0.25, 0.3) is 5.69 Å². The van der Waals surface area contributed by atoms with Gasteiger partial charge in [-0.2, -0.15) is 5.10 Å². The van der Waals surface area contributed by atoms with Crippen molar-refractivity contribution in [3.63, 3.8) is 0 Å². The first-order chi connectivity index (χ1) is 12.5. The molecule has 0 atom stereocenters. The Kier molecular flexibility index (Phi) is 5.88. The molecule has 0 aliphatic heterocycles. The third-order valence-corrected chi connectivity index (χ3v) is 5.01. The van der Waals surface area contributed by atoms with Crippen LogP contribution >= 0.6 is 12.2 Å². The van der Waals surface area contributed by atoms with Gasteiger partial charge in [0.1, 0.15) is 0 Å². The standard InChI is InChI=1S/C19H25N5OS/c1-13-17(14(2)24(23-13)16-10-4-3-5-11-16)12-18(25)21-22-19(26)20-15-8-6-7-9-15/h3-5,10-11,15H,6-9,12H2,1-2H3,(H,21,25)(H2,20,22,26). The Labute approximate surface area is 159 Å². The molecule has 1 amide bonds. The lowest BCUT2D eigenvalue weighted by Crippen LogP contribution is -2.49. The van der Waals surface area contributed by atoms with Gasteiger partial charge >= 0.3 is 0 Å². The van der Waals surface area contributed by atoms with Gasteiger partial charge in [-0.15, -0.1) is 0 Å². The van der Waals surface area contributed by atoms with Crippen LogP contribution in [0.15, 0.2) is 30.3 Å². The summed E-state index contributed by atoms with van der Waals surface area (Å²) in [6.07, 6.45) is 4.98. The number of thiocarbonyl (C=S) groups is 1. The van der Waals surface area contributed by atoms with Gasteiger partial charge in [0.05, 0.1) is 17.8 Å². The molecule has 3 N–H and O–H groups in total. The summed E-state index contributed by atoms with van der Waals surface area (Å²) < 4.78 is 1.87. The molecule has 6 nitrogen and oxygen atoms in total. The van der Waals surface area contributed by atoms with Crippen LogP contribution in [-0.2, 0) is 11.2 Å². The number of amides is 1. The number of hydrogen-bond acceptors (Lipinski definition) is 3. The van der Waals surface area contributed by atoms with Crippen LogP contribution in [0.5, 0.6) is 0 Å². The Bertz CT molecular complexity index is 781. The van der Waals surface area contributed by atoms with E-state index in [4.69, 9.17) is 12.2 Å². The fourth-order valence-corrected chi connectivity index (χ4v) is 3.59. The van der Waals surface area contributed by atoms with Crippen molar-refractivity contribution in [2.45, 2.75) is 52.0 Å². The number of para-hydroxylation sites is 1. The second-order valence-corrected chi connectivity index (χ2v) is 7.11. The molecule has 0 bridgehead atoms. The summed E-state index contributed by atoms with van der Waals surface area (Å²) in [5, 5.41) is 8.28. The Morgan fingerprint density at radius 1 is 1.19 bits per heavy atom. The Morgan fingerprint density at radius 2 is 1.88 bits per heavy atom. The van der Waals surface area contributed by atoms with E-state index in [1.54, 1.807) is 0 Å². The fourth-order valence-electron chi connectivity index (χ4n) is 3.37. The van der Waals surface area contributed by atoms with Crippen LogP contribution in [0.1, 0.15) is 42.6 Å². The summed E-state index contributed by atoms with van der Waals surface area (Å²) in [5.74, 6) is -0.139. The van der Waals surface area contributed by atoms with Crippen LogP contribution in [0.2, 0.25) is 0 Å². The highest BCUT2D eigenvalue weighted by Crippen LogP contribution is 2.18. The topological polar surface area (TPSA) is 71.0 Å².